The van der Waals surface area contributed by atoms with Gasteiger partial charge in [-0.05, 0) is 57.8 Å². The van der Waals surface area contributed by atoms with E-state index in [2.05, 4.69) is 74.6 Å². The Morgan fingerprint density at radius 1 is 0.646 bits per heavy atom. The van der Waals surface area contributed by atoms with Crippen LogP contribution in [0.3, 0.4) is 0 Å². The highest BCUT2D eigenvalue weighted by Gasteiger charge is 2.25. The standard InChI is InChI=1S/C40H65NO7/c1-6-8-10-12-14-16-18-19-21-23-25-27-29-31-39(43)48-36(34-46-33-32-37(40(44)45)41(3,4)5)35-47-38(42)30-28-26-24-22-20-17-15-13-11-9-7-2/h8-12,14-18,22,24,36-37H,6-7,13,19-21,23,25-35H2,1-5H3/b10-8+,11-9+,14-12+,17-15+,18-16+,24-22+. The van der Waals surface area contributed by atoms with Crippen LogP contribution in [0.5, 0.6) is 0 Å². The molecule has 0 radical (unpaired) electrons. The number of hydrogen-bond acceptors (Lipinski definition) is 7. The van der Waals surface area contributed by atoms with Crippen molar-refractivity contribution in [3.8, 4) is 0 Å². The van der Waals surface area contributed by atoms with E-state index in [9.17, 15) is 19.5 Å². The number of unbranched alkanes of at least 4 members (excludes halogenated alkanes) is 6. The highest BCUT2D eigenvalue weighted by molar-refractivity contribution is 5.70. The first-order valence-electron chi connectivity index (χ1n) is 18.0. The SMILES string of the molecule is CC/C=C/C=C/C=C/CCCCCCCC(=O)OC(COCCC(C(=O)[O-])[N+](C)(C)C)COC(=O)CCC/C=C/C/C=C/C/C=C/CC. The van der Waals surface area contributed by atoms with E-state index in [0.717, 1.165) is 70.6 Å². The van der Waals surface area contributed by atoms with Crippen LogP contribution in [0.1, 0.15) is 110 Å². The van der Waals surface area contributed by atoms with Crippen LogP contribution in [-0.2, 0) is 28.6 Å². The maximum absolute atomic E-state index is 12.6. The second kappa shape index (κ2) is 31.1. The number of carbonyl (C=O) groups is 3. The Bertz CT molecular complexity index is 1020. The van der Waals surface area contributed by atoms with Gasteiger partial charge in [0.25, 0.3) is 0 Å². The number of allylic oxidation sites excluding steroid dienone is 12. The molecule has 0 amide bonds. The largest absolute Gasteiger partial charge is 0.544 e. The molecule has 0 aromatic rings. The summed E-state index contributed by atoms with van der Waals surface area (Å²) < 4.78 is 17.0. The van der Waals surface area contributed by atoms with E-state index >= 15 is 0 Å². The van der Waals surface area contributed by atoms with Crippen molar-refractivity contribution < 1.29 is 38.2 Å². The van der Waals surface area contributed by atoms with Gasteiger partial charge in [-0.1, -0.05) is 106 Å². The fourth-order valence-corrected chi connectivity index (χ4v) is 4.62. The number of hydrogen-bond donors (Lipinski definition) is 0. The molecule has 2 unspecified atom stereocenters. The predicted octanol–water partition coefficient (Wildman–Crippen LogP) is 7.51. The molecule has 0 rings (SSSR count). The Balaban J connectivity index is 4.58. The number of ether oxygens (including phenoxy) is 3. The van der Waals surface area contributed by atoms with E-state index in [-0.39, 0.29) is 55.5 Å². The van der Waals surface area contributed by atoms with E-state index in [1.807, 2.05) is 12.2 Å². The van der Waals surface area contributed by atoms with Gasteiger partial charge in [0.1, 0.15) is 12.6 Å². The number of likely N-dealkylation sites (N-methyl/N-ethyl adjacent to an activating group) is 1. The van der Waals surface area contributed by atoms with Gasteiger partial charge in [0.15, 0.2) is 6.10 Å². The average Bonchev–Trinajstić information content (AvgIpc) is 3.03. The summed E-state index contributed by atoms with van der Waals surface area (Å²) in [5, 5.41) is 11.6. The highest BCUT2D eigenvalue weighted by atomic mass is 16.6. The van der Waals surface area contributed by atoms with Gasteiger partial charge in [-0.15, -0.1) is 0 Å². The molecule has 0 spiro atoms. The summed E-state index contributed by atoms with van der Waals surface area (Å²) in [6.45, 7) is 4.28. The molecule has 0 N–H and O–H groups in total. The van der Waals surface area contributed by atoms with Gasteiger partial charge >= 0.3 is 11.9 Å². The lowest BCUT2D eigenvalue weighted by molar-refractivity contribution is -0.889. The molecule has 2 atom stereocenters. The molecule has 0 aromatic heterocycles. The Hall–Kier alpha value is -3.23. The van der Waals surface area contributed by atoms with Crippen LogP contribution in [-0.4, -0.2) is 75.5 Å². The van der Waals surface area contributed by atoms with Crippen molar-refractivity contribution in [1.82, 2.24) is 0 Å². The second-order valence-corrected chi connectivity index (χ2v) is 12.8. The minimum Gasteiger partial charge on any atom is -0.544 e. The monoisotopic (exact) mass is 671 g/mol. The number of quaternary nitrogens is 1. The van der Waals surface area contributed by atoms with Crippen molar-refractivity contribution in [2.75, 3.05) is 41.0 Å². The molecule has 8 heteroatoms. The first-order valence-corrected chi connectivity index (χ1v) is 18.0. The number of nitrogens with zero attached hydrogens (tertiary/aromatic N) is 1. The molecular formula is C40H65NO7. The quantitative estimate of drug-likeness (QED) is 0.0256. The first-order chi connectivity index (χ1) is 23.1. The number of aliphatic carboxylic acids is 1. The summed E-state index contributed by atoms with van der Waals surface area (Å²) in [5.74, 6) is -1.85. The van der Waals surface area contributed by atoms with Crippen LogP contribution in [0.15, 0.2) is 72.9 Å². The van der Waals surface area contributed by atoms with Gasteiger partial charge in [0, 0.05) is 19.3 Å². The number of rotatable bonds is 30. The summed E-state index contributed by atoms with van der Waals surface area (Å²) in [5.41, 5.74) is 0. The maximum atomic E-state index is 12.6. The molecule has 0 saturated heterocycles. The van der Waals surface area contributed by atoms with Gasteiger partial charge in [-0.25, -0.2) is 0 Å². The van der Waals surface area contributed by atoms with Gasteiger partial charge in [-0.3, -0.25) is 9.59 Å². The zero-order valence-corrected chi connectivity index (χ0v) is 30.6. The fourth-order valence-electron chi connectivity index (χ4n) is 4.62. The van der Waals surface area contributed by atoms with Crippen LogP contribution < -0.4 is 5.11 Å². The molecule has 0 aliphatic carbocycles. The van der Waals surface area contributed by atoms with E-state index in [4.69, 9.17) is 14.2 Å². The van der Waals surface area contributed by atoms with Crippen molar-refractivity contribution in [2.24, 2.45) is 0 Å². The molecule has 0 aliphatic rings. The zero-order valence-electron chi connectivity index (χ0n) is 30.6. The van der Waals surface area contributed by atoms with E-state index in [1.165, 1.54) is 0 Å². The molecule has 8 nitrogen and oxygen atoms in total. The molecule has 48 heavy (non-hydrogen) atoms. The minimum atomic E-state index is -1.14. The number of esters is 2. The van der Waals surface area contributed by atoms with Gasteiger partial charge in [-0.2, -0.15) is 0 Å². The summed E-state index contributed by atoms with van der Waals surface area (Å²) >= 11 is 0. The molecule has 0 heterocycles. The van der Waals surface area contributed by atoms with Gasteiger partial charge < -0.3 is 28.6 Å². The van der Waals surface area contributed by atoms with Crippen molar-refractivity contribution in [3.05, 3.63) is 72.9 Å². The lowest BCUT2D eigenvalue weighted by Crippen LogP contribution is -2.55. The fraction of sp³-hybridized carbons (Fsp3) is 0.625. The Morgan fingerprint density at radius 2 is 1.23 bits per heavy atom. The molecule has 0 bridgehead atoms. The Kier molecular flexibility index (Phi) is 29.0. The van der Waals surface area contributed by atoms with Crippen LogP contribution in [0, 0.1) is 0 Å². The normalized spacial score (nSPS) is 13.9. The minimum absolute atomic E-state index is 0.0119. The van der Waals surface area contributed by atoms with E-state index in [1.54, 1.807) is 21.1 Å². The van der Waals surface area contributed by atoms with Crippen LogP contribution in [0.25, 0.3) is 0 Å². The molecular weight excluding hydrogens is 606 g/mol. The molecule has 272 valence electrons. The Morgan fingerprint density at radius 3 is 1.90 bits per heavy atom. The highest BCUT2D eigenvalue weighted by Crippen LogP contribution is 2.11. The van der Waals surface area contributed by atoms with Crippen molar-refractivity contribution in [3.63, 3.8) is 0 Å². The second-order valence-electron chi connectivity index (χ2n) is 12.8. The van der Waals surface area contributed by atoms with Crippen LogP contribution >= 0.6 is 0 Å². The summed E-state index contributed by atoms with van der Waals surface area (Å²) in [4.78, 5) is 36.5. The van der Waals surface area contributed by atoms with E-state index in [0.29, 0.717) is 6.42 Å². The van der Waals surface area contributed by atoms with Crippen LogP contribution in [0.4, 0.5) is 0 Å². The molecule has 0 aromatic carbocycles. The Labute approximate surface area is 291 Å². The number of carbonyl (C=O) groups excluding carboxylic acids is 3. The first kappa shape index (κ1) is 44.8. The third kappa shape index (κ3) is 29.0. The van der Waals surface area contributed by atoms with Crippen molar-refractivity contribution >= 4 is 17.9 Å². The summed E-state index contributed by atoms with van der Waals surface area (Å²) in [6.07, 6.45) is 36.6. The molecule has 0 saturated carbocycles. The average molecular weight is 672 g/mol. The number of carboxylic acids is 1. The summed E-state index contributed by atoms with van der Waals surface area (Å²) in [6, 6.07) is -0.738. The van der Waals surface area contributed by atoms with Gasteiger partial charge in [0.2, 0.25) is 0 Å². The third-order valence-corrected chi connectivity index (χ3v) is 7.40. The van der Waals surface area contributed by atoms with Gasteiger partial charge in [0.05, 0.1) is 40.3 Å². The smallest absolute Gasteiger partial charge is 0.306 e. The lowest BCUT2D eigenvalue weighted by atomic mass is 10.1. The maximum Gasteiger partial charge on any atom is 0.306 e. The third-order valence-electron chi connectivity index (χ3n) is 7.40. The van der Waals surface area contributed by atoms with Crippen molar-refractivity contribution in [1.29, 1.82) is 0 Å². The van der Waals surface area contributed by atoms with E-state index < -0.39 is 18.1 Å². The van der Waals surface area contributed by atoms with Crippen molar-refractivity contribution in [2.45, 2.75) is 122 Å². The molecule has 0 fully saturated rings. The number of carboxylic acid groups (broad SMARTS) is 1. The summed E-state index contributed by atoms with van der Waals surface area (Å²) in [7, 11) is 5.36. The zero-order chi connectivity index (χ0) is 35.7. The topological polar surface area (TPSA) is 102 Å². The lowest BCUT2D eigenvalue weighted by Gasteiger charge is -2.34. The van der Waals surface area contributed by atoms with Crippen LogP contribution in [0.2, 0.25) is 0 Å². The molecule has 0 aliphatic heterocycles. The predicted molar refractivity (Wildman–Crippen MR) is 194 cm³/mol.